The molecule has 1 saturated heterocycles. The van der Waals surface area contributed by atoms with Crippen LogP contribution in [-0.2, 0) is 19.1 Å². The summed E-state index contributed by atoms with van der Waals surface area (Å²) in [6.07, 6.45) is 6.03. The molecule has 0 N–H and O–H groups in total. The molecule has 2 heterocycles. The van der Waals surface area contributed by atoms with E-state index in [2.05, 4.69) is 6.07 Å². The van der Waals surface area contributed by atoms with Gasteiger partial charge in [-0.2, -0.15) is 0 Å². The minimum absolute atomic E-state index is 0.0255. The van der Waals surface area contributed by atoms with Crippen LogP contribution in [0.15, 0.2) is 17.5 Å². The van der Waals surface area contributed by atoms with Crippen LogP contribution in [0.3, 0.4) is 0 Å². The zero-order valence-corrected chi connectivity index (χ0v) is 15.7. The van der Waals surface area contributed by atoms with Gasteiger partial charge >= 0.3 is 5.97 Å². The quantitative estimate of drug-likeness (QED) is 0.757. The Balaban J connectivity index is 1.31. The molecule has 3 fully saturated rings. The Hall–Kier alpha value is -1.69. The first-order valence-corrected chi connectivity index (χ1v) is 10.5. The van der Waals surface area contributed by atoms with Gasteiger partial charge in [0.1, 0.15) is 5.78 Å². The highest BCUT2D eigenvalue weighted by atomic mass is 32.1. The third kappa shape index (κ3) is 3.43. The topological polar surface area (TPSA) is 63.7 Å². The molecule has 1 aromatic rings. The fraction of sp³-hybridized carbons (Fsp3) is 0.650. The first-order chi connectivity index (χ1) is 12.6. The number of carbonyl (C=O) groups is 3. The summed E-state index contributed by atoms with van der Waals surface area (Å²) in [4.78, 5) is 40.2. The summed E-state index contributed by atoms with van der Waals surface area (Å²) in [7, 11) is 0. The maximum atomic E-state index is 12.6. The number of nitrogens with zero attached hydrogens (tertiary/aromatic N) is 1. The molecule has 4 atom stereocenters. The molecule has 5 nitrogen and oxygen atoms in total. The van der Waals surface area contributed by atoms with Gasteiger partial charge in [0.15, 0.2) is 6.61 Å². The number of esters is 1. The third-order valence-electron chi connectivity index (χ3n) is 6.16. The van der Waals surface area contributed by atoms with E-state index in [9.17, 15) is 14.4 Å². The van der Waals surface area contributed by atoms with E-state index in [0.29, 0.717) is 18.6 Å². The molecule has 26 heavy (non-hydrogen) atoms. The van der Waals surface area contributed by atoms with Crippen molar-refractivity contribution >= 4 is 29.0 Å². The van der Waals surface area contributed by atoms with Gasteiger partial charge in [-0.1, -0.05) is 12.5 Å². The summed E-state index contributed by atoms with van der Waals surface area (Å²) in [5, 5.41) is 2.03. The molecule has 6 heteroatoms. The molecule has 2 saturated carbocycles. The fourth-order valence-corrected chi connectivity index (χ4v) is 5.72. The van der Waals surface area contributed by atoms with Crippen molar-refractivity contribution in [3.63, 3.8) is 0 Å². The molecule has 2 bridgehead atoms. The number of carbonyl (C=O) groups excluding carboxylic acids is 3. The predicted octanol–water partition coefficient (Wildman–Crippen LogP) is 3.35. The van der Waals surface area contributed by atoms with Crippen LogP contribution in [0.1, 0.15) is 55.9 Å². The van der Waals surface area contributed by atoms with Crippen LogP contribution in [0.25, 0.3) is 0 Å². The number of likely N-dealkylation sites (tertiary alicyclic amines) is 1. The molecule has 0 spiro atoms. The van der Waals surface area contributed by atoms with Crippen molar-refractivity contribution in [2.24, 2.45) is 17.8 Å². The molecule has 140 valence electrons. The number of hydrogen-bond donors (Lipinski definition) is 0. The predicted molar refractivity (Wildman–Crippen MR) is 97.5 cm³/mol. The monoisotopic (exact) mass is 375 g/mol. The average Bonchev–Trinajstić information content (AvgIpc) is 3.29. The number of fused-ring (bicyclic) bond motifs is 2. The molecular weight excluding hydrogens is 350 g/mol. The van der Waals surface area contributed by atoms with Crippen LogP contribution in [0.4, 0.5) is 0 Å². The summed E-state index contributed by atoms with van der Waals surface area (Å²) >= 11 is 1.66. The van der Waals surface area contributed by atoms with Crippen LogP contribution < -0.4 is 0 Å². The number of Topliss-reactive ketones (excluding diaryl/α,β-unsaturated/α-hetero) is 1. The van der Waals surface area contributed by atoms with Gasteiger partial charge in [-0.3, -0.25) is 14.4 Å². The summed E-state index contributed by atoms with van der Waals surface area (Å²) in [5.74, 6) is -0.235. The second-order valence-electron chi connectivity index (χ2n) is 7.76. The van der Waals surface area contributed by atoms with Crippen LogP contribution >= 0.6 is 11.3 Å². The minimum Gasteiger partial charge on any atom is -0.455 e. The Morgan fingerprint density at radius 3 is 2.62 bits per heavy atom. The molecule has 1 amide bonds. The second kappa shape index (κ2) is 7.51. The summed E-state index contributed by atoms with van der Waals surface area (Å²) in [5.41, 5.74) is 0. The standard InChI is InChI=1S/C20H25NO4S/c22-18(21-8-2-6-16(21)17-7-3-9-26-17)12-25-20(24)15-10-13-4-1-5-14(11-15)19(13)23/h3,7,9,13-16H,1-2,4-6,8,10-12H2/t13-,14+,15?,16-/m0/s1. The normalized spacial score (nSPS) is 31.1. The van der Waals surface area contributed by atoms with Gasteiger partial charge in [0.2, 0.25) is 0 Å². The first-order valence-electron chi connectivity index (χ1n) is 9.66. The van der Waals surface area contributed by atoms with Gasteiger partial charge in [-0.25, -0.2) is 0 Å². The fourth-order valence-electron chi connectivity index (χ4n) is 4.85. The summed E-state index contributed by atoms with van der Waals surface area (Å²) < 4.78 is 5.38. The molecule has 0 aromatic carbocycles. The van der Waals surface area contributed by atoms with Crippen molar-refractivity contribution in [3.8, 4) is 0 Å². The Labute approximate surface area is 157 Å². The van der Waals surface area contributed by atoms with E-state index >= 15 is 0 Å². The lowest BCUT2D eigenvalue weighted by atomic mass is 9.67. The van der Waals surface area contributed by atoms with Crippen LogP contribution in [-0.4, -0.2) is 35.7 Å². The van der Waals surface area contributed by atoms with Gasteiger partial charge in [-0.15, -0.1) is 11.3 Å². The molecular formula is C20H25NO4S. The molecule has 4 rings (SSSR count). The van der Waals surface area contributed by atoms with Crippen LogP contribution in [0, 0.1) is 17.8 Å². The Kier molecular flexibility index (Phi) is 5.11. The minimum atomic E-state index is -0.297. The average molecular weight is 375 g/mol. The smallest absolute Gasteiger partial charge is 0.309 e. The maximum absolute atomic E-state index is 12.6. The number of rotatable bonds is 4. The number of ketones is 1. The first kappa shape index (κ1) is 17.7. The highest BCUT2D eigenvalue weighted by Crippen LogP contribution is 2.40. The van der Waals surface area contributed by atoms with E-state index < -0.39 is 0 Å². The highest BCUT2D eigenvalue weighted by molar-refractivity contribution is 7.10. The van der Waals surface area contributed by atoms with Crippen molar-refractivity contribution < 1.29 is 19.1 Å². The van der Waals surface area contributed by atoms with Crippen molar-refractivity contribution in [2.75, 3.05) is 13.2 Å². The Bertz CT molecular complexity index is 670. The van der Waals surface area contributed by atoms with Gasteiger partial charge in [0, 0.05) is 23.3 Å². The molecule has 2 aliphatic carbocycles. The van der Waals surface area contributed by atoms with Gasteiger partial charge < -0.3 is 9.64 Å². The SMILES string of the molecule is O=C(OCC(=O)N1CCC[C@H]1c1cccs1)C1C[C@H]2CCC[C@@H](C1)C2=O. The third-order valence-corrected chi connectivity index (χ3v) is 7.14. The van der Waals surface area contributed by atoms with E-state index in [-0.39, 0.29) is 42.3 Å². The van der Waals surface area contributed by atoms with Crippen LogP contribution in [0.5, 0.6) is 0 Å². The molecule has 1 aromatic heterocycles. The zero-order chi connectivity index (χ0) is 18.1. The van der Waals surface area contributed by atoms with Gasteiger partial charge in [-0.05, 0) is 50.0 Å². The number of amides is 1. The second-order valence-corrected chi connectivity index (χ2v) is 8.74. The van der Waals surface area contributed by atoms with E-state index in [1.807, 2.05) is 16.3 Å². The van der Waals surface area contributed by atoms with E-state index in [0.717, 1.165) is 38.6 Å². The summed E-state index contributed by atoms with van der Waals surface area (Å²) in [6, 6.07) is 4.18. The van der Waals surface area contributed by atoms with Gasteiger partial charge in [0.05, 0.1) is 12.0 Å². The Morgan fingerprint density at radius 2 is 1.92 bits per heavy atom. The lowest BCUT2D eigenvalue weighted by Gasteiger charge is -2.36. The van der Waals surface area contributed by atoms with Crippen LogP contribution in [0.2, 0.25) is 0 Å². The van der Waals surface area contributed by atoms with Crippen molar-refractivity contribution in [1.29, 1.82) is 0 Å². The van der Waals surface area contributed by atoms with E-state index in [1.165, 1.54) is 4.88 Å². The van der Waals surface area contributed by atoms with E-state index in [1.54, 1.807) is 11.3 Å². The Morgan fingerprint density at radius 1 is 1.15 bits per heavy atom. The zero-order valence-electron chi connectivity index (χ0n) is 14.9. The van der Waals surface area contributed by atoms with Gasteiger partial charge in [0.25, 0.3) is 5.91 Å². The lowest BCUT2D eigenvalue weighted by molar-refractivity contribution is -0.159. The summed E-state index contributed by atoms with van der Waals surface area (Å²) in [6.45, 7) is 0.543. The van der Waals surface area contributed by atoms with Crippen molar-refractivity contribution in [1.82, 2.24) is 4.90 Å². The maximum Gasteiger partial charge on any atom is 0.309 e. The van der Waals surface area contributed by atoms with Crippen molar-refractivity contribution in [2.45, 2.75) is 51.0 Å². The molecule has 1 unspecified atom stereocenters. The highest BCUT2D eigenvalue weighted by Gasteiger charge is 2.42. The number of thiophene rings is 1. The van der Waals surface area contributed by atoms with Crippen molar-refractivity contribution in [3.05, 3.63) is 22.4 Å². The number of hydrogen-bond acceptors (Lipinski definition) is 5. The molecule has 1 aliphatic heterocycles. The molecule has 0 radical (unpaired) electrons. The number of ether oxygens (including phenoxy) is 1. The largest absolute Gasteiger partial charge is 0.455 e. The lowest BCUT2D eigenvalue weighted by Crippen LogP contribution is -2.40. The van der Waals surface area contributed by atoms with E-state index in [4.69, 9.17) is 4.74 Å². The molecule has 3 aliphatic rings.